The van der Waals surface area contributed by atoms with Gasteiger partial charge < -0.3 is 10.0 Å². The molecule has 1 aromatic carbocycles. The number of phenols is 1. The van der Waals surface area contributed by atoms with Gasteiger partial charge in [0.15, 0.2) is 0 Å². The number of rotatable bonds is 0. The van der Waals surface area contributed by atoms with E-state index in [0.717, 1.165) is 13.0 Å². The van der Waals surface area contributed by atoms with Gasteiger partial charge in [0.25, 0.3) is 0 Å². The first-order valence-corrected chi connectivity index (χ1v) is 4.38. The standard InChI is InChI=1S/C10H13NO/c1-11-5-4-8-6-10(12)3-2-9(8)7-11/h2-3,6,12H,4-5,7H2,1H3/p+1. The molecular weight excluding hydrogens is 150 g/mol. The van der Waals surface area contributed by atoms with Crippen LogP contribution in [0, 0.1) is 0 Å². The average Bonchev–Trinajstić information content (AvgIpc) is 2.05. The van der Waals surface area contributed by atoms with Crippen LogP contribution in [-0.4, -0.2) is 18.7 Å². The number of benzene rings is 1. The van der Waals surface area contributed by atoms with Gasteiger partial charge in [-0.05, 0) is 23.8 Å². The Labute approximate surface area is 72.4 Å². The van der Waals surface area contributed by atoms with E-state index in [1.54, 1.807) is 11.0 Å². The van der Waals surface area contributed by atoms with Crippen LogP contribution in [0.5, 0.6) is 5.75 Å². The molecule has 1 aromatic rings. The highest BCUT2D eigenvalue weighted by atomic mass is 16.3. The van der Waals surface area contributed by atoms with Crippen LogP contribution in [0.1, 0.15) is 11.1 Å². The van der Waals surface area contributed by atoms with Crippen LogP contribution in [0.15, 0.2) is 18.2 Å². The molecule has 0 spiro atoms. The molecule has 0 amide bonds. The van der Waals surface area contributed by atoms with Gasteiger partial charge in [0.2, 0.25) is 0 Å². The maximum atomic E-state index is 9.25. The van der Waals surface area contributed by atoms with Crippen molar-refractivity contribution in [1.29, 1.82) is 0 Å². The van der Waals surface area contributed by atoms with Crippen LogP contribution in [-0.2, 0) is 13.0 Å². The minimum Gasteiger partial charge on any atom is -0.508 e. The molecule has 0 saturated carbocycles. The highest BCUT2D eigenvalue weighted by molar-refractivity contribution is 5.35. The molecule has 0 radical (unpaired) electrons. The lowest BCUT2D eigenvalue weighted by Gasteiger charge is -2.21. The Morgan fingerprint density at radius 3 is 3.00 bits per heavy atom. The summed E-state index contributed by atoms with van der Waals surface area (Å²) < 4.78 is 0. The Morgan fingerprint density at radius 1 is 1.33 bits per heavy atom. The van der Waals surface area contributed by atoms with Crippen molar-refractivity contribution >= 4 is 0 Å². The second-order valence-electron chi connectivity index (χ2n) is 3.59. The van der Waals surface area contributed by atoms with Crippen LogP contribution in [0.4, 0.5) is 0 Å². The van der Waals surface area contributed by atoms with E-state index in [0.29, 0.717) is 5.75 Å². The summed E-state index contributed by atoms with van der Waals surface area (Å²) in [5.74, 6) is 0.397. The van der Waals surface area contributed by atoms with Crippen LogP contribution < -0.4 is 4.90 Å². The van der Waals surface area contributed by atoms with E-state index in [4.69, 9.17) is 0 Å². The van der Waals surface area contributed by atoms with Crippen molar-refractivity contribution in [3.05, 3.63) is 29.3 Å². The van der Waals surface area contributed by atoms with Crippen molar-refractivity contribution in [3.63, 3.8) is 0 Å². The quantitative estimate of drug-likeness (QED) is 0.552. The number of hydrogen-bond acceptors (Lipinski definition) is 1. The van der Waals surface area contributed by atoms with E-state index in [-0.39, 0.29) is 0 Å². The fourth-order valence-electron chi connectivity index (χ4n) is 1.78. The number of fused-ring (bicyclic) bond motifs is 1. The largest absolute Gasteiger partial charge is 0.508 e. The molecule has 1 aliphatic heterocycles. The smallest absolute Gasteiger partial charge is 0.115 e. The van der Waals surface area contributed by atoms with Crippen molar-refractivity contribution < 1.29 is 10.0 Å². The summed E-state index contributed by atoms with van der Waals surface area (Å²) in [5.41, 5.74) is 2.71. The maximum absolute atomic E-state index is 9.25. The molecule has 1 heterocycles. The summed E-state index contributed by atoms with van der Waals surface area (Å²) in [6.07, 6.45) is 1.09. The minimum atomic E-state index is 0.397. The summed E-state index contributed by atoms with van der Waals surface area (Å²) in [6.45, 7) is 2.27. The van der Waals surface area contributed by atoms with Gasteiger partial charge in [-0.1, -0.05) is 0 Å². The molecule has 12 heavy (non-hydrogen) atoms. The lowest BCUT2D eigenvalue weighted by Crippen LogP contribution is -3.08. The lowest BCUT2D eigenvalue weighted by atomic mass is 10.00. The number of phenolic OH excluding ortho intramolecular Hbond substituents is 1. The van der Waals surface area contributed by atoms with E-state index in [9.17, 15) is 5.11 Å². The average molecular weight is 164 g/mol. The van der Waals surface area contributed by atoms with Gasteiger partial charge in [-0.15, -0.1) is 0 Å². The van der Waals surface area contributed by atoms with Crippen LogP contribution in [0.2, 0.25) is 0 Å². The van der Waals surface area contributed by atoms with E-state index in [1.165, 1.54) is 17.7 Å². The lowest BCUT2D eigenvalue weighted by molar-refractivity contribution is -0.895. The van der Waals surface area contributed by atoms with Crippen LogP contribution in [0.25, 0.3) is 0 Å². The molecule has 64 valence electrons. The highest BCUT2D eigenvalue weighted by Gasteiger charge is 2.15. The van der Waals surface area contributed by atoms with Crippen molar-refractivity contribution in [1.82, 2.24) is 0 Å². The fourth-order valence-corrected chi connectivity index (χ4v) is 1.78. The Bertz CT molecular complexity index is 296. The van der Waals surface area contributed by atoms with Crippen LogP contribution in [0.3, 0.4) is 0 Å². The van der Waals surface area contributed by atoms with Gasteiger partial charge in [-0.2, -0.15) is 0 Å². The second kappa shape index (κ2) is 2.79. The zero-order valence-corrected chi connectivity index (χ0v) is 7.30. The summed E-state index contributed by atoms with van der Waals surface area (Å²) in [4.78, 5) is 1.55. The van der Waals surface area contributed by atoms with E-state index < -0.39 is 0 Å². The molecule has 0 aromatic heterocycles. The number of hydrogen-bond donors (Lipinski definition) is 2. The number of likely N-dealkylation sites (N-methyl/N-ethyl adjacent to an activating group) is 1. The summed E-state index contributed by atoms with van der Waals surface area (Å²) in [5, 5.41) is 9.25. The molecular formula is C10H14NO+. The van der Waals surface area contributed by atoms with E-state index >= 15 is 0 Å². The fraction of sp³-hybridized carbons (Fsp3) is 0.400. The van der Waals surface area contributed by atoms with Crippen molar-refractivity contribution in [3.8, 4) is 5.75 Å². The Kier molecular flexibility index (Phi) is 1.77. The molecule has 0 bridgehead atoms. The molecule has 1 aliphatic rings. The first-order chi connectivity index (χ1) is 5.75. The molecule has 0 fully saturated rings. The predicted octanol–water partition coefficient (Wildman–Crippen LogP) is -0.0370. The SMILES string of the molecule is C[NH+]1CCc2cc(O)ccc2C1. The molecule has 1 unspecified atom stereocenters. The molecule has 0 aliphatic carbocycles. The summed E-state index contributed by atoms with van der Waals surface area (Å²) in [6, 6.07) is 5.70. The Balaban J connectivity index is 2.37. The van der Waals surface area contributed by atoms with Gasteiger partial charge >= 0.3 is 0 Å². The van der Waals surface area contributed by atoms with Crippen LogP contribution >= 0.6 is 0 Å². The molecule has 2 N–H and O–H groups in total. The van der Waals surface area contributed by atoms with Gasteiger partial charge in [0, 0.05) is 12.0 Å². The topological polar surface area (TPSA) is 24.7 Å². The Hall–Kier alpha value is -1.02. The van der Waals surface area contributed by atoms with Gasteiger partial charge in [0.1, 0.15) is 12.3 Å². The first kappa shape index (κ1) is 7.62. The van der Waals surface area contributed by atoms with Gasteiger partial charge in [0.05, 0.1) is 13.6 Å². The van der Waals surface area contributed by atoms with Gasteiger partial charge in [-0.3, -0.25) is 0 Å². The monoisotopic (exact) mass is 164 g/mol. The van der Waals surface area contributed by atoms with Crippen molar-refractivity contribution in [2.24, 2.45) is 0 Å². The second-order valence-corrected chi connectivity index (χ2v) is 3.59. The third-order valence-electron chi connectivity index (χ3n) is 2.50. The summed E-state index contributed by atoms with van der Waals surface area (Å²) in [7, 11) is 2.20. The number of quaternary nitrogens is 1. The van der Waals surface area contributed by atoms with E-state index in [1.807, 2.05) is 12.1 Å². The predicted molar refractivity (Wildman–Crippen MR) is 47.3 cm³/mol. The van der Waals surface area contributed by atoms with Crippen molar-refractivity contribution in [2.45, 2.75) is 13.0 Å². The molecule has 2 heteroatoms. The van der Waals surface area contributed by atoms with Gasteiger partial charge in [-0.25, -0.2) is 0 Å². The van der Waals surface area contributed by atoms with E-state index in [2.05, 4.69) is 7.05 Å². The molecule has 2 rings (SSSR count). The molecule has 0 saturated heterocycles. The third-order valence-corrected chi connectivity index (χ3v) is 2.50. The Morgan fingerprint density at radius 2 is 2.17 bits per heavy atom. The first-order valence-electron chi connectivity index (χ1n) is 4.38. The number of aromatic hydroxyl groups is 1. The summed E-state index contributed by atoms with van der Waals surface area (Å²) >= 11 is 0. The zero-order chi connectivity index (χ0) is 8.55. The molecule has 1 atom stereocenters. The molecule has 2 nitrogen and oxygen atoms in total. The maximum Gasteiger partial charge on any atom is 0.115 e. The third kappa shape index (κ3) is 1.30. The minimum absolute atomic E-state index is 0.397. The highest BCUT2D eigenvalue weighted by Crippen LogP contribution is 2.17. The number of nitrogens with one attached hydrogen (secondary N) is 1. The normalized spacial score (nSPS) is 21.9. The zero-order valence-electron chi connectivity index (χ0n) is 7.30. The van der Waals surface area contributed by atoms with Crippen molar-refractivity contribution in [2.75, 3.05) is 13.6 Å².